The molecule has 1 aliphatic rings. The Labute approximate surface area is 234 Å². The third-order valence-electron chi connectivity index (χ3n) is 7.79. The molecule has 204 valence electrons. The number of anilines is 1. The molecule has 40 heavy (non-hydrogen) atoms. The molecular formula is C32H33N5O3. The Morgan fingerprint density at radius 3 is 1.82 bits per heavy atom. The second kappa shape index (κ2) is 11.2. The van der Waals surface area contributed by atoms with Gasteiger partial charge < -0.3 is 19.5 Å². The van der Waals surface area contributed by atoms with Crippen LogP contribution in [0.2, 0.25) is 0 Å². The summed E-state index contributed by atoms with van der Waals surface area (Å²) >= 11 is 0. The molecule has 0 saturated carbocycles. The molecule has 6 rings (SSSR count). The zero-order chi connectivity index (χ0) is 27.5. The van der Waals surface area contributed by atoms with Gasteiger partial charge in [0.1, 0.15) is 24.1 Å². The van der Waals surface area contributed by atoms with Gasteiger partial charge in [0, 0.05) is 14.2 Å². The number of rotatable bonds is 9. The number of nitrogens with one attached hydrogen (secondary N) is 1. The lowest BCUT2D eigenvalue weighted by Gasteiger charge is -2.37. The Bertz CT molecular complexity index is 1450. The standard InChI is InChI=1S/C32H33N5O3/c1-4-25-27(38-2)28(39-3)31(40-25)37-21-35-26-29(33-20-34-30(26)37)36-32(22-14-8-5-9-15-22,23-16-10-6-11-17-23)24-18-12-7-13-19-24/h5-21,25,27-28,31H,4H2,1-3H3,(H,33,34,36)/t25-,27+,28?,31-/m1/s1. The lowest BCUT2D eigenvalue weighted by molar-refractivity contribution is -0.0517. The smallest absolute Gasteiger partial charge is 0.167 e. The van der Waals surface area contributed by atoms with Crippen molar-refractivity contribution < 1.29 is 14.2 Å². The molecule has 0 amide bonds. The number of imidazole rings is 1. The van der Waals surface area contributed by atoms with Gasteiger partial charge >= 0.3 is 0 Å². The third kappa shape index (κ3) is 4.34. The minimum atomic E-state index is -0.748. The first kappa shape index (κ1) is 26.1. The minimum absolute atomic E-state index is 0.0984. The zero-order valence-electron chi connectivity index (χ0n) is 22.8. The Hall–Kier alpha value is -4.11. The van der Waals surface area contributed by atoms with Gasteiger partial charge in [-0.2, -0.15) is 0 Å². The fraction of sp³-hybridized carbons (Fsp3) is 0.281. The molecule has 0 bridgehead atoms. The summed E-state index contributed by atoms with van der Waals surface area (Å²) in [6.07, 6.45) is 3.08. The van der Waals surface area contributed by atoms with E-state index in [1.807, 2.05) is 22.8 Å². The number of nitrogens with zero attached hydrogens (tertiary/aromatic N) is 4. The van der Waals surface area contributed by atoms with E-state index >= 15 is 0 Å². The molecule has 8 heteroatoms. The summed E-state index contributed by atoms with van der Waals surface area (Å²) in [4.78, 5) is 14.2. The van der Waals surface area contributed by atoms with Crippen LogP contribution in [0.15, 0.2) is 104 Å². The summed E-state index contributed by atoms with van der Waals surface area (Å²) in [7, 11) is 3.37. The van der Waals surface area contributed by atoms with Crippen molar-refractivity contribution >= 4 is 17.0 Å². The summed E-state index contributed by atoms with van der Waals surface area (Å²) in [5, 5.41) is 3.83. The highest BCUT2D eigenvalue weighted by molar-refractivity contribution is 5.84. The van der Waals surface area contributed by atoms with E-state index in [2.05, 4.69) is 90.0 Å². The minimum Gasteiger partial charge on any atom is -0.376 e. The fourth-order valence-electron chi connectivity index (χ4n) is 5.88. The quantitative estimate of drug-likeness (QED) is 0.247. The summed E-state index contributed by atoms with van der Waals surface area (Å²) in [5.74, 6) is 0.614. The van der Waals surface area contributed by atoms with Crippen LogP contribution in [0.3, 0.4) is 0 Å². The van der Waals surface area contributed by atoms with Crippen molar-refractivity contribution in [2.75, 3.05) is 19.5 Å². The van der Waals surface area contributed by atoms with E-state index in [4.69, 9.17) is 24.2 Å². The molecule has 3 heterocycles. The third-order valence-corrected chi connectivity index (χ3v) is 7.79. The maximum Gasteiger partial charge on any atom is 0.167 e. The highest BCUT2D eigenvalue weighted by Gasteiger charge is 2.46. The van der Waals surface area contributed by atoms with E-state index in [1.54, 1.807) is 26.9 Å². The Kier molecular flexibility index (Phi) is 7.30. The highest BCUT2D eigenvalue weighted by atomic mass is 16.6. The van der Waals surface area contributed by atoms with E-state index in [-0.39, 0.29) is 18.3 Å². The van der Waals surface area contributed by atoms with Gasteiger partial charge in [-0.1, -0.05) is 97.9 Å². The Morgan fingerprint density at radius 1 is 0.775 bits per heavy atom. The van der Waals surface area contributed by atoms with Gasteiger partial charge in [0.05, 0.1) is 12.4 Å². The molecule has 1 aliphatic heterocycles. The SMILES string of the molecule is CC[C@H]1O[C@@H](n2cnc3c(NC(c4ccccc4)(c4ccccc4)c4ccccc4)ncnc32)C(OC)[C@H]1OC. The zero-order valence-corrected chi connectivity index (χ0v) is 22.8. The van der Waals surface area contributed by atoms with Crippen molar-refractivity contribution in [1.82, 2.24) is 19.5 Å². The molecule has 4 atom stereocenters. The summed E-state index contributed by atoms with van der Waals surface area (Å²) in [6.45, 7) is 2.08. The van der Waals surface area contributed by atoms with Crippen molar-refractivity contribution in [1.29, 1.82) is 0 Å². The number of benzene rings is 3. The van der Waals surface area contributed by atoms with Crippen molar-refractivity contribution in [2.45, 2.75) is 43.4 Å². The largest absolute Gasteiger partial charge is 0.376 e. The van der Waals surface area contributed by atoms with Crippen molar-refractivity contribution in [3.63, 3.8) is 0 Å². The van der Waals surface area contributed by atoms with Gasteiger partial charge in [0.15, 0.2) is 23.2 Å². The van der Waals surface area contributed by atoms with Crippen LogP contribution >= 0.6 is 0 Å². The second-order valence-corrected chi connectivity index (χ2v) is 9.89. The summed E-state index contributed by atoms with van der Waals surface area (Å²) in [6, 6.07) is 31.2. The van der Waals surface area contributed by atoms with Crippen LogP contribution < -0.4 is 5.32 Å². The maximum atomic E-state index is 6.41. The Morgan fingerprint density at radius 2 is 1.32 bits per heavy atom. The lowest BCUT2D eigenvalue weighted by Crippen LogP contribution is -2.38. The van der Waals surface area contributed by atoms with Crippen LogP contribution in [0.4, 0.5) is 5.82 Å². The van der Waals surface area contributed by atoms with E-state index in [9.17, 15) is 0 Å². The monoisotopic (exact) mass is 535 g/mol. The molecule has 3 aromatic carbocycles. The van der Waals surface area contributed by atoms with Crippen LogP contribution in [-0.4, -0.2) is 52.1 Å². The fourth-order valence-corrected chi connectivity index (χ4v) is 5.88. The molecule has 1 saturated heterocycles. The van der Waals surface area contributed by atoms with E-state index in [1.165, 1.54) is 0 Å². The van der Waals surface area contributed by atoms with Gasteiger partial charge in [-0.3, -0.25) is 4.57 Å². The number of aromatic nitrogens is 4. The molecular weight excluding hydrogens is 502 g/mol. The molecule has 0 aliphatic carbocycles. The lowest BCUT2D eigenvalue weighted by atomic mass is 9.77. The molecule has 8 nitrogen and oxygen atoms in total. The first-order valence-corrected chi connectivity index (χ1v) is 13.5. The average molecular weight is 536 g/mol. The number of ether oxygens (including phenoxy) is 3. The maximum absolute atomic E-state index is 6.41. The number of methoxy groups -OCH3 is 2. The first-order chi connectivity index (χ1) is 19.7. The van der Waals surface area contributed by atoms with E-state index < -0.39 is 11.8 Å². The molecule has 1 N–H and O–H groups in total. The van der Waals surface area contributed by atoms with Crippen LogP contribution in [0, 0.1) is 0 Å². The molecule has 5 aromatic rings. The number of fused-ring (bicyclic) bond motifs is 1. The normalized spacial score (nSPS) is 21.1. The summed E-state index contributed by atoms with van der Waals surface area (Å²) in [5.41, 5.74) is 3.77. The number of hydrogen-bond acceptors (Lipinski definition) is 7. The molecule has 0 spiro atoms. The summed E-state index contributed by atoms with van der Waals surface area (Å²) < 4.78 is 20.0. The van der Waals surface area contributed by atoms with E-state index in [0.717, 1.165) is 23.1 Å². The molecule has 2 aromatic heterocycles. The van der Waals surface area contributed by atoms with Gasteiger partial charge in [-0.15, -0.1) is 0 Å². The van der Waals surface area contributed by atoms with Crippen molar-refractivity contribution in [2.24, 2.45) is 0 Å². The van der Waals surface area contributed by atoms with Gasteiger partial charge in [0.2, 0.25) is 0 Å². The average Bonchev–Trinajstić information content (AvgIpc) is 3.62. The molecule has 0 radical (unpaired) electrons. The molecule has 1 fully saturated rings. The van der Waals surface area contributed by atoms with Crippen molar-refractivity contribution in [3.05, 3.63) is 120 Å². The van der Waals surface area contributed by atoms with Crippen LogP contribution in [0.1, 0.15) is 36.3 Å². The highest BCUT2D eigenvalue weighted by Crippen LogP contribution is 2.41. The van der Waals surface area contributed by atoms with Crippen LogP contribution in [-0.2, 0) is 19.7 Å². The van der Waals surface area contributed by atoms with Crippen LogP contribution in [0.5, 0.6) is 0 Å². The predicted octanol–water partition coefficient (Wildman–Crippen LogP) is 5.57. The molecule has 1 unspecified atom stereocenters. The predicted molar refractivity (Wildman–Crippen MR) is 154 cm³/mol. The second-order valence-electron chi connectivity index (χ2n) is 9.89. The van der Waals surface area contributed by atoms with Gasteiger partial charge in [0.25, 0.3) is 0 Å². The Balaban J connectivity index is 1.51. The topological polar surface area (TPSA) is 83.3 Å². The van der Waals surface area contributed by atoms with Gasteiger partial charge in [-0.05, 0) is 23.1 Å². The number of hydrogen-bond donors (Lipinski definition) is 1. The van der Waals surface area contributed by atoms with Crippen LogP contribution in [0.25, 0.3) is 11.2 Å². The van der Waals surface area contributed by atoms with Crippen molar-refractivity contribution in [3.8, 4) is 0 Å². The van der Waals surface area contributed by atoms with E-state index in [0.29, 0.717) is 17.0 Å². The first-order valence-electron chi connectivity index (χ1n) is 13.5. The van der Waals surface area contributed by atoms with Gasteiger partial charge in [-0.25, -0.2) is 15.0 Å².